The molecule has 3 rings (SSSR count). The second kappa shape index (κ2) is 9.47. The number of aromatic amines is 1. The number of hydrogen-bond donors (Lipinski definition) is 8. The number of imidazole rings is 1. The topological polar surface area (TPSA) is 299 Å². The Labute approximate surface area is 187 Å². The maximum atomic E-state index is 11.9. The fourth-order valence-electron chi connectivity index (χ4n) is 2.97. The highest BCUT2D eigenvalue weighted by Gasteiger charge is 2.47. The highest BCUT2D eigenvalue weighted by atomic mass is 31.3. The SMILES string of the molecule is Nc1nc2c(ncn2[C@@H]2O[C@H](COP(=O)(O)OP(=O)(O)OP(=O)(O)O)[C@@H](C#CO)[C@H]2O)c(=O)[nH]1. The van der Waals surface area contributed by atoms with Crippen LogP contribution in [-0.2, 0) is 31.6 Å². The van der Waals surface area contributed by atoms with E-state index in [2.05, 4.69) is 34.0 Å². The van der Waals surface area contributed by atoms with Crippen molar-refractivity contribution < 1.29 is 61.4 Å². The average Bonchev–Trinajstić information content (AvgIpc) is 3.19. The first-order valence-electron chi connectivity index (χ1n) is 8.61. The lowest BCUT2D eigenvalue weighted by Crippen LogP contribution is -2.27. The molecule has 34 heavy (non-hydrogen) atoms. The third-order valence-electron chi connectivity index (χ3n) is 4.15. The second-order valence-corrected chi connectivity index (χ2v) is 10.9. The number of aliphatic hydroxyl groups excluding tert-OH is 2. The molecule has 19 nitrogen and oxygen atoms in total. The molecule has 1 aliphatic rings. The summed E-state index contributed by atoms with van der Waals surface area (Å²) in [5.41, 5.74) is 4.56. The molecule has 3 heterocycles. The Bertz CT molecular complexity index is 1340. The van der Waals surface area contributed by atoms with Crippen LogP contribution >= 0.6 is 23.5 Å². The number of nitrogen functional groups attached to an aromatic ring is 1. The number of nitrogens with one attached hydrogen (secondary N) is 1. The van der Waals surface area contributed by atoms with Gasteiger partial charge >= 0.3 is 23.5 Å². The number of phosphoric ester groups is 1. The van der Waals surface area contributed by atoms with Gasteiger partial charge < -0.3 is 40.3 Å². The quantitative estimate of drug-likeness (QED) is 0.134. The Morgan fingerprint density at radius 1 is 1.21 bits per heavy atom. The van der Waals surface area contributed by atoms with Gasteiger partial charge in [-0.05, 0) is 0 Å². The van der Waals surface area contributed by atoms with E-state index in [-0.39, 0.29) is 17.1 Å². The van der Waals surface area contributed by atoms with Crippen LogP contribution in [0.15, 0.2) is 11.1 Å². The Balaban J connectivity index is 1.81. The van der Waals surface area contributed by atoms with E-state index in [1.165, 1.54) is 6.11 Å². The molecule has 2 aromatic heterocycles. The van der Waals surface area contributed by atoms with Crippen LogP contribution in [0.4, 0.5) is 5.95 Å². The monoisotopic (exact) mass is 547 g/mol. The minimum absolute atomic E-state index is 0.102. The van der Waals surface area contributed by atoms with Gasteiger partial charge in [-0.25, -0.2) is 18.7 Å². The Morgan fingerprint density at radius 2 is 1.88 bits per heavy atom. The minimum Gasteiger partial charge on any atom is -0.462 e. The van der Waals surface area contributed by atoms with Crippen LogP contribution in [0.25, 0.3) is 11.2 Å². The summed E-state index contributed by atoms with van der Waals surface area (Å²) in [6.45, 7) is -0.959. The summed E-state index contributed by atoms with van der Waals surface area (Å²) in [6, 6.07) is 0. The number of rotatable bonds is 8. The number of nitrogens with two attached hydrogens (primary N) is 1. The van der Waals surface area contributed by atoms with Crippen molar-refractivity contribution >= 4 is 40.6 Å². The molecular formula is C12H16N5O14P3. The molecule has 9 N–H and O–H groups in total. The van der Waals surface area contributed by atoms with Crippen LogP contribution in [0.5, 0.6) is 0 Å². The van der Waals surface area contributed by atoms with E-state index in [0.29, 0.717) is 0 Å². The van der Waals surface area contributed by atoms with Gasteiger partial charge in [-0.1, -0.05) is 5.92 Å². The molecule has 1 fully saturated rings. The van der Waals surface area contributed by atoms with E-state index in [1.54, 1.807) is 0 Å². The van der Waals surface area contributed by atoms with Crippen molar-refractivity contribution in [2.24, 2.45) is 5.92 Å². The number of aliphatic hydroxyl groups is 2. The molecule has 0 radical (unpaired) electrons. The molecule has 0 aliphatic carbocycles. The summed E-state index contributed by atoms with van der Waals surface area (Å²) < 4.78 is 52.4. The molecular weight excluding hydrogens is 531 g/mol. The van der Waals surface area contributed by atoms with E-state index >= 15 is 0 Å². The number of nitrogens with zero attached hydrogens (tertiary/aromatic N) is 3. The third-order valence-corrected chi connectivity index (χ3v) is 7.95. The van der Waals surface area contributed by atoms with E-state index in [4.69, 9.17) is 25.4 Å². The second-order valence-electron chi connectivity index (χ2n) is 6.50. The Morgan fingerprint density at radius 3 is 2.50 bits per heavy atom. The Kier molecular flexibility index (Phi) is 7.37. The van der Waals surface area contributed by atoms with Crippen LogP contribution in [-0.4, -0.2) is 68.1 Å². The average molecular weight is 547 g/mol. The van der Waals surface area contributed by atoms with Crippen LogP contribution in [0.3, 0.4) is 0 Å². The highest BCUT2D eigenvalue weighted by molar-refractivity contribution is 7.66. The largest absolute Gasteiger partial charge is 0.490 e. The number of anilines is 1. The molecule has 0 amide bonds. The van der Waals surface area contributed by atoms with Gasteiger partial charge in [0.15, 0.2) is 17.4 Å². The van der Waals surface area contributed by atoms with Gasteiger partial charge in [-0.2, -0.15) is 13.6 Å². The van der Waals surface area contributed by atoms with Gasteiger partial charge in [0.2, 0.25) is 5.95 Å². The number of hydrogen-bond acceptors (Lipinski definition) is 13. The number of fused-ring (bicyclic) bond motifs is 1. The third kappa shape index (κ3) is 6.09. The zero-order valence-corrected chi connectivity index (χ0v) is 19.0. The predicted octanol–water partition coefficient (Wildman–Crippen LogP) is -1.75. The molecule has 6 atom stereocenters. The zero-order chi connectivity index (χ0) is 25.5. The molecule has 0 aromatic carbocycles. The number of phosphoric acid groups is 3. The van der Waals surface area contributed by atoms with Crippen molar-refractivity contribution in [2.45, 2.75) is 18.4 Å². The number of ether oxygens (including phenoxy) is 1. The summed E-state index contributed by atoms with van der Waals surface area (Å²) in [6.07, 6.45) is -1.72. The first kappa shape index (κ1) is 26.4. The molecule has 1 saturated heterocycles. The van der Waals surface area contributed by atoms with E-state index in [9.17, 15) is 33.4 Å². The minimum atomic E-state index is -5.75. The smallest absolute Gasteiger partial charge is 0.462 e. The zero-order valence-electron chi connectivity index (χ0n) is 16.3. The van der Waals surface area contributed by atoms with Crippen LogP contribution in [0.1, 0.15) is 6.23 Å². The molecule has 0 saturated carbocycles. The number of aromatic nitrogens is 4. The molecule has 0 spiro atoms. The van der Waals surface area contributed by atoms with Crippen LogP contribution in [0.2, 0.25) is 0 Å². The summed E-state index contributed by atoms with van der Waals surface area (Å²) in [4.78, 5) is 57.8. The van der Waals surface area contributed by atoms with Crippen molar-refractivity contribution in [3.8, 4) is 12.0 Å². The van der Waals surface area contributed by atoms with Crippen molar-refractivity contribution in [1.82, 2.24) is 19.5 Å². The maximum Gasteiger partial charge on any atom is 0.490 e. The highest BCUT2D eigenvalue weighted by Crippen LogP contribution is 2.66. The standard InChI is InChI=1S/C12H16N5O14P3/c13-12-15-9-7(10(20)16-12)14-4-17(9)11-8(19)5(1-2-18)6(29-11)3-28-33(24,25)31-34(26,27)30-32(21,22)23/h4-6,8,11,18-19H,3H2,(H,24,25)(H,26,27)(H2,21,22,23)(H3,13,15,16,20)/t5-,6-,8-,11-/m1/s1. The fourth-order valence-corrected chi connectivity index (χ4v) is 6.00. The lowest BCUT2D eigenvalue weighted by atomic mass is 9.99. The van der Waals surface area contributed by atoms with E-state index in [0.717, 1.165) is 10.9 Å². The summed E-state index contributed by atoms with van der Waals surface area (Å²) in [7, 11) is -16.8. The molecule has 1 aliphatic heterocycles. The lowest BCUT2D eigenvalue weighted by molar-refractivity contribution is -0.0483. The summed E-state index contributed by atoms with van der Waals surface area (Å²) in [5.74, 6) is 0.615. The van der Waals surface area contributed by atoms with Crippen LogP contribution < -0.4 is 11.3 Å². The van der Waals surface area contributed by atoms with Crippen LogP contribution in [0, 0.1) is 17.9 Å². The maximum absolute atomic E-state index is 11.9. The fraction of sp³-hybridized carbons (Fsp3) is 0.417. The summed E-state index contributed by atoms with van der Waals surface area (Å²) in [5, 5.41) is 19.6. The van der Waals surface area contributed by atoms with Gasteiger partial charge in [-0.15, -0.1) is 0 Å². The number of H-pyrrole nitrogens is 1. The first-order chi connectivity index (χ1) is 15.6. The van der Waals surface area contributed by atoms with Crippen molar-refractivity contribution in [3.63, 3.8) is 0 Å². The first-order valence-corrected chi connectivity index (χ1v) is 13.1. The summed E-state index contributed by atoms with van der Waals surface area (Å²) >= 11 is 0. The van der Waals surface area contributed by atoms with Gasteiger partial charge in [0.05, 0.1) is 18.9 Å². The van der Waals surface area contributed by atoms with Gasteiger partial charge in [0, 0.05) is 0 Å². The van der Waals surface area contributed by atoms with Crippen molar-refractivity contribution in [1.29, 1.82) is 0 Å². The molecule has 22 heteroatoms. The molecule has 2 unspecified atom stereocenters. The molecule has 188 valence electrons. The van der Waals surface area contributed by atoms with Gasteiger partial charge in [0.25, 0.3) is 5.56 Å². The van der Waals surface area contributed by atoms with E-state index < -0.39 is 60.0 Å². The predicted molar refractivity (Wildman–Crippen MR) is 105 cm³/mol. The van der Waals surface area contributed by atoms with Gasteiger partial charge in [0.1, 0.15) is 18.3 Å². The Hall–Kier alpha value is -2.16. The van der Waals surface area contributed by atoms with Gasteiger partial charge in [-0.3, -0.25) is 18.9 Å². The van der Waals surface area contributed by atoms with E-state index in [1.807, 2.05) is 0 Å². The normalized spacial score (nSPS) is 26.5. The van der Waals surface area contributed by atoms with Crippen molar-refractivity contribution in [3.05, 3.63) is 16.7 Å². The molecule has 2 aromatic rings. The lowest BCUT2D eigenvalue weighted by Gasteiger charge is -2.19. The molecule has 0 bridgehead atoms. The van der Waals surface area contributed by atoms with Crippen molar-refractivity contribution in [2.75, 3.05) is 12.3 Å².